The predicted octanol–water partition coefficient (Wildman–Crippen LogP) is 2.73. The largest absolute Gasteiger partial charge is 0.475 e. The van der Waals surface area contributed by atoms with E-state index in [1.807, 2.05) is 13.8 Å². The van der Waals surface area contributed by atoms with E-state index in [0.717, 1.165) is 5.56 Å². The minimum Gasteiger partial charge on any atom is -0.475 e. The van der Waals surface area contributed by atoms with Gasteiger partial charge in [-0.2, -0.15) is 0 Å². The average Bonchev–Trinajstić information content (AvgIpc) is 2.15. The molecular formula is C11H11ClO3. The van der Waals surface area contributed by atoms with Gasteiger partial charge in [0.05, 0.1) is 0 Å². The van der Waals surface area contributed by atoms with Gasteiger partial charge in [-0.3, -0.25) is 4.79 Å². The second-order valence-electron chi connectivity index (χ2n) is 3.53. The van der Waals surface area contributed by atoms with E-state index in [2.05, 4.69) is 0 Å². The summed E-state index contributed by atoms with van der Waals surface area (Å²) in [4.78, 5) is 21.6. The molecule has 0 amide bonds. The van der Waals surface area contributed by atoms with E-state index < -0.39 is 11.8 Å². The first-order valence-electron chi connectivity index (χ1n) is 4.50. The Kier molecular flexibility index (Phi) is 3.48. The Labute approximate surface area is 92.7 Å². The molecule has 0 radical (unpaired) electrons. The number of benzene rings is 1. The van der Waals surface area contributed by atoms with Gasteiger partial charge in [-0.05, 0) is 17.5 Å². The van der Waals surface area contributed by atoms with Crippen LogP contribution in [0.5, 0.6) is 0 Å². The Morgan fingerprint density at radius 1 is 1.33 bits per heavy atom. The minimum atomic E-state index is -1.47. The van der Waals surface area contributed by atoms with Crippen molar-refractivity contribution in [2.45, 2.75) is 19.8 Å². The lowest BCUT2D eigenvalue weighted by Crippen LogP contribution is -2.12. The normalized spacial score (nSPS) is 10.4. The first kappa shape index (κ1) is 11.7. The summed E-state index contributed by atoms with van der Waals surface area (Å²) < 4.78 is 0. The summed E-state index contributed by atoms with van der Waals surface area (Å²) in [6.45, 7) is 3.94. The van der Waals surface area contributed by atoms with Gasteiger partial charge in [0.15, 0.2) is 0 Å². The molecule has 0 atom stereocenters. The lowest BCUT2D eigenvalue weighted by Gasteiger charge is -2.08. The summed E-state index contributed by atoms with van der Waals surface area (Å²) in [7, 11) is 0. The van der Waals surface area contributed by atoms with Crippen LogP contribution in [0.25, 0.3) is 0 Å². The van der Waals surface area contributed by atoms with Crippen molar-refractivity contribution in [1.29, 1.82) is 0 Å². The van der Waals surface area contributed by atoms with Crippen LogP contribution in [0.1, 0.15) is 35.7 Å². The van der Waals surface area contributed by atoms with E-state index in [-0.39, 0.29) is 11.5 Å². The van der Waals surface area contributed by atoms with Gasteiger partial charge >= 0.3 is 5.97 Å². The van der Waals surface area contributed by atoms with Crippen molar-refractivity contribution in [3.63, 3.8) is 0 Å². The molecule has 0 aromatic heterocycles. The molecule has 4 heteroatoms. The molecule has 15 heavy (non-hydrogen) atoms. The molecule has 1 rings (SSSR count). The van der Waals surface area contributed by atoms with Crippen molar-refractivity contribution >= 4 is 23.4 Å². The van der Waals surface area contributed by atoms with E-state index in [0.29, 0.717) is 5.02 Å². The topological polar surface area (TPSA) is 54.4 Å². The molecule has 0 aliphatic rings. The number of hydrogen-bond donors (Lipinski definition) is 1. The molecule has 0 unspecified atom stereocenters. The third-order valence-electron chi connectivity index (χ3n) is 2.08. The standard InChI is InChI=1S/C11H11ClO3/c1-6(2)8-4-3-7(5-9(8)12)10(13)11(14)15/h3-6H,1-2H3,(H,14,15). The Morgan fingerprint density at radius 2 is 1.93 bits per heavy atom. The number of halogens is 1. The van der Waals surface area contributed by atoms with Crippen molar-refractivity contribution in [3.05, 3.63) is 34.3 Å². The number of hydrogen-bond acceptors (Lipinski definition) is 2. The minimum absolute atomic E-state index is 0.108. The molecule has 3 nitrogen and oxygen atoms in total. The molecule has 0 saturated carbocycles. The second kappa shape index (κ2) is 4.45. The number of Topliss-reactive ketones (excluding diaryl/α,β-unsaturated/α-hetero) is 1. The van der Waals surface area contributed by atoms with Crippen LogP contribution in [0.2, 0.25) is 5.02 Å². The van der Waals surface area contributed by atoms with Gasteiger partial charge in [0, 0.05) is 10.6 Å². The molecule has 1 N–H and O–H groups in total. The van der Waals surface area contributed by atoms with E-state index in [9.17, 15) is 9.59 Å². The first-order valence-corrected chi connectivity index (χ1v) is 4.88. The van der Waals surface area contributed by atoms with Crippen molar-refractivity contribution in [1.82, 2.24) is 0 Å². The van der Waals surface area contributed by atoms with Crippen LogP contribution in [0.15, 0.2) is 18.2 Å². The summed E-state index contributed by atoms with van der Waals surface area (Å²) in [5, 5.41) is 8.94. The van der Waals surface area contributed by atoms with E-state index >= 15 is 0 Å². The maximum atomic E-state index is 11.1. The van der Waals surface area contributed by atoms with Crippen LogP contribution >= 0.6 is 11.6 Å². The van der Waals surface area contributed by atoms with Crippen LogP contribution in [0.3, 0.4) is 0 Å². The molecular weight excluding hydrogens is 216 g/mol. The zero-order valence-corrected chi connectivity index (χ0v) is 9.21. The quantitative estimate of drug-likeness (QED) is 0.637. The number of rotatable bonds is 3. The van der Waals surface area contributed by atoms with E-state index in [1.165, 1.54) is 12.1 Å². The summed E-state index contributed by atoms with van der Waals surface area (Å²) in [6.07, 6.45) is 0. The summed E-state index contributed by atoms with van der Waals surface area (Å²) in [6, 6.07) is 4.56. The predicted molar refractivity (Wildman–Crippen MR) is 57.5 cm³/mol. The smallest absolute Gasteiger partial charge is 0.377 e. The maximum Gasteiger partial charge on any atom is 0.377 e. The Morgan fingerprint density at radius 3 is 2.33 bits per heavy atom. The summed E-state index contributed by atoms with van der Waals surface area (Å²) >= 11 is 5.93. The molecule has 1 aromatic rings. The van der Waals surface area contributed by atoms with Crippen LogP contribution in [0.4, 0.5) is 0 Å². The molecule has 0 heterocycles. The molecule has 80 valence electrons. The lowest BCUT2D eigenvalue weighted by molar-refractivity contribution is -0.131. The Hall–Kier alpha value is -1.35. The first-order chi connectivity index (χ1) is 6.93. The molecule has 1 aromatic carbocycles. The monoisotopic (exact) mass is 226 g/mol. The molecule has 0 aliphatic carbocycles. The van der Waals surface area contributed by atoms with Crippen LogP contribution < -0.4 is 0 Å². The van der Waals surface area contributed by atoms with Crippen molar-refractivity contribution in [2.24, 2.45) is 0 Å². The fourth-order valence-corrected chi connectivity index (χ4v) is 1.66. The molecule has 0 fully saturated rings. The second-order valence-corrected chi connectivity index (χ2v) is 3.93. The number of carbonyl (C=O) groups excluding carboxylic acids is 1. The van der Waals surface area contributed by atoms with Gasteiger partial charge in [-0.15, -0.1) is 0 Å². The zero-order valence-electron chi connectivity index (χ0n) is 8.45. The third-order valence-corrected chi connectivity index (χ3v) is 2.41. The van der Waals surface area contributed by atoms with E-state index in [1.54, 1.807) is 6.07 Å². The molecule has 0 saturated heterocycles. The Bertz CT molecular complexity index is 410. The highest BCUT2D eigenvalue weighted by atomic mass is 35.5. The number of aliphatic carboxylic acids is 1. The third kappa shape index (κ3) is 2.57. The SMILES string of the molecule is CC(C)c1ccc(C(=O)C(=O)O)cc1Cl. The highest BCUT2D eigenvalue weighted by molar-refractivity contribution is 6.40. The molecule has 0 aliphatic heterocycles. The molecule has 0 spiro atoms. The highest BCUT2D eigenvalue weighted by Gasteiger charge is 2.16. The number of ketones is 1. The fourth-order valence-electron chi connectivity index (χ4n) is 1.26. The van der Waals surface area contributed by atoms with Gasteiger partial charge < -0.3 is 5.11 Å². The van der Waals surface area contributed by atoms with Gasteiger partial charge in [0.25, 0.3) is 5.78 Å². The lowest BCUT2D eigenvalue weighted by atomic mass is 10.0. The number of carbonyl (C=O) groups is 2. The molecule has 0 bridgehead atoms. The van der Waals surface area contributed by atoms with Crippen molar-refractivity contribution in [3.8, 4) is 0 Å². The summed E-state index contributed by atoms with van der Waals surface area (Å²) in [5.41, 5.74) is 1.01. The number of carboxylic acids is 1. The van der Waals surface area contributed by atoms with Crippen LogP contribution in [0, 0.1) is 0 Å². The van der Waals surface area contributed by atoms with Crippen molar-refractivity contribution < 1.29 is 14.7 Å². The Balaban J connectivity index is 3.12. The maximum absolute atomic E-state index is 11.1. The number of carboxylic acid groups (broad SMARTS) is 1. The fraction of sp³-hybridized carbons (Fsp3) is 0.273. The van der Waals surface area contributed by atoms with Gasteiger partial charge in [0.1, 0.15) is 0 Å². The van der Waals surface area contributed by atoms with Gasteiger partial charge in [0.2, 0.25) is 0 Å². The van der Waals surface area contributed by atoms with Gasteiger partial charge in [-0.25, -0.2) is 4.79 Å². The zero-order chi connectivity index (χ0) is 11.6. The van der Waals surface area contributed by atoms with Crippen LogP contribution in [-0.4, -0.2) is 16.9 Å². The average molecular weight is 227 g/mol. The van der Waals surface area contributed by atoms with Crippen molar-refractivity contribution in [2.75, 3.05) is 0 Å². The highest BCUT2D eigenvalue weighted by Crippen LogP contribution is 2.25. The van der Waals surface area contributed by atoms with Crippen LogP contribution in [-0.2, 0) is 4.79 Å². The van der Waals surface area contributed by atoms with Gasteiger partial charge in [-0.1, -0.05) is 37.6 Å². The summed E-state index contributed by atoms with van der Waals surface area (Å²) in [5.74, 6) is -2.16. The van der Waals surface area contributed by atoms with E-state index in [4.69, 9.17) is 16.7 Å².